The maximum absolute atomic E-state index is 13.4. The van der Waals surface area contributed by atoms with Crippen LogP contribution in [-0.4, -0.2) is 29.1 Å². The number of ether oxygens (including phenoxy) is 2. The molecule has 0 bridgehead atoms. The van der Waals surface area contributed by atoms with Crippen LogP contribution in [0.15, 0.2) is 71.3 Å². The lowest BCUT2D eigenvalue weighted by atomic mass is 9.75. The first kappa shape index (κ1) is 20.0. The number of nitro groups is 1. The van der Waals surface area contributed by atoms with Crippen LogP contribution in [0.5, 0.6) is 0 Å². The Kier molecular flexibility index (Phi) is 4.86. The number of allylic oxidation sites excluding steroid dienone is 2. The first-order chi connectivity index (χ1) is 14.8. The van der Waals surface area contributed by atoms with E-state index in [1.807, 2.05) is 0 Å². The smallest absolute Gasteiger partial charge is 0.340 e. The number of esters is 1. The number of fused-ring (bicyclic) bond motifs is 1. The largest absolute Gasteiger partial charge is 0.462 e. The topological polar surface area (TPSA) is 139 Å². The third-order valence-corrected chi connectivity index (χ3v) is 5.10. The van der Waals surface area contributed by atoms with Gasteiger partial charge in [-0.3, -0.25) is 19.7 Å². The molecule has 0 amide bonds. The van der Waals surface area contributed by atoms with Crippen molar-refractivity contribution in [2.75, 3.05) is 6.61 Å². The Labute approximate surface area is 175 Å². The van der Waals surface area contributed by atoms with Gasteiger partial charge in [-0.1, -0.05) is 36.4 Å². The van der Waals surface area contributed by atoms with Crippen molar-refractivity contribution in [3.8, 4) is 0 Å². The summed E-state index contributed by atoms with van der Waals surface area (Å²) in [5, 5.41) is 11.0. The Morgan fingerprint density at radius 2 is 1.71 bits per heavy atom. The predicted molar refractivity (Wildman–Crippen MR) is 107 cm³/mol. The fourth-order valence-corrected chi connectivity index (χ4v) is 3.74. The van der Waals surface area contributed by atoms with E-state index in [4.69, 9.17) is 15.2 Å². The summed E-state index contributed by atoms with van der Waals surface area (Å²) < 4.78 is 10.6. The zero-order valence-corrected chi connectivity index (χ0v) is 16.3. The van der Waals surface area contributed by atoms with E-state index >= 15 is 0 Å². The number of benzene rings is 2. The molecule has 0 aromatic heterocycles. The Morgan fingerprint density at radius 3 is 2.29 bits per heavy atom. The Morgan fingerprint density at radius 1 is 1.10 bits per heavy atom. The molecule has 2 N–H and O–H groups in total. The molecule has 0 spiro atoms. The van der Waals surface area contributed by atoms with Gasteiger partial charge in [0.05, 0.1) is 23.0 Å². The van der Waals surface area contributed by atoms with Crippen LogP contribution in [0.1, 0.15) is 39.1 Å². The number of Topliss-reactive ketones (excluding diaryl/α,β-unsaturated/α-hetero) is 2. The lowest BCUT2D eigenvalue weighted by Gasteiger charge is -2.32. The molecule has 31 heavy (non-hydrogen) atoms. The summed E-state index contributed by atoms with van der Waals surface area (Å²) in [6, 6.07) is 11.6. The second-order valence-corrected chi connectivity index (χ2v) is 6.83. The molecule has 1 aliphatic heterocycles. The lowest BCUT2D eigenvalue weighted by Crippen LogP contribution is -2.35. The SMILES string of the molecule is CCOC(=O)C1=C(N)OC2=C(C(=O)c3ccccc3C2=O)C1c1ccc([N+](=O)[O-])cc1. The summed E-state index contributed by atoms with van der Waals surface area (Å²) in [6.45, 7) is 1.65. The molecule has 156 valence electrons. The molecule has 2 aromatic carbocycles. The van der Waals surface area contributed by atoms with Crippen LogP contribution in [0.2, 0.25) is 0 Å². The second-order valence-electron chi connectivity index (χ2n) is 6.83. The zero-order chi connectivity index (χ0) is 22.3. The molecule has 9 nitrogen and oxygen atoms in total. The van der Waals surface area contributed by atoms with Crippen LogP contribution in [0.3, 0.4) is 0 Å². The van der Waals surface area contributed by atoms with E-state index in [9.17, 15) is 24.5 Å². The molecule has 0 fully saturated rings. The highest BCUT2D eigenvalue weighted by atomic mass is 16.6. The van der Waals surface area contributed by atoms with Crippen LogP contribution >= 0.6 is 0 Å². The average molecular weight is 420 g/mol. The van der Waals surface area contributed by atoms with Crippen LogP contribution in [0, 0.1) is 10.1 Å². The van der Waals surface area contributed by atoms with Gasteiger partial charge in [0, 0.05) is 23.3 Å². The van der Waals surface area contributed by atoms with Crippen LogP contribution < -0.4 is 5.73 Å². The minimum atomic E-state index is -1.09. The summed E-state index contributed by atoms with van der Waals surface area (Å²) in [6.07, 6.45) is 0. The summed E-state index contributed by atoms with van der Waals surface area (Å²) in [7, 11) is 0. The minimum absolute atomic E-state index is 0.0458. The zero-order valence-electron chi connectivity index (χ0n) is 16.3. The molecule has 1 heterocycles. The van der Waals surface area contributed by atoms with Crippen LogP contribution in [0.4, 0.5) is 5.69 Å². The average Bonchev–Trinajstić information content (AvgIpc) is 2.76. The molecule has 0 radical (unpaired) electrons. The summed E-state index contributed by atoms with van der Waals surface area (Å²) in [5.74, 6) is -3.56. The van der Waals surface area contributed by atoms with E-state index in [2.05, 4.69) is 0 Å². The van der Waals surface area contributed by atoms with E-state index in [1.54, 1.807) is 19.1 Å². The number of hydrogen-bond acceptors (Lipinski definition) is 8. The third-order valence-electron chi connectivity index (χ3n) is 5.10. The molecule has 2 aliphatic rings. The quantitative estimate of drug-likeness (QED) is 0.452. The number of ketones is 2. The normalized spacial score (nSPS) is 17.6. The van der Waals surface area contributed by atoms with Crippen molar-refractivity contribution in [2.24, 2.45) is 5.73 Å². The maximum atomic E-state index is 13.4. The van der Waals surface area contributed by atoms with Crippen LogP contribution in [0.25, 0.3) is 0 Å². The Balaban J connectivity index is 1.93. The van der Waals surface area contributed by atoms with Crippen molar-refractivity contribution >= 4 is 23.2 Å². The van der Waals surface area contributed by atoms with Gasteiger partial charge >= 0.3 is 5.97 Å². The molecular weight excluding hydrogens is 404 g/mol. The molecule has 9 heteroatoms. The summed E-state index contributed by atoms with van der Waals surface area (Å²) >= 11 is 0. The molecule has 1 aliphatic carbocycles. The number of nitro benzene ring substituents is 1. The first-order valence-electron chi connectivity index (χ1n) is 9.36. The van der Waals surface area contributed by atoms with Gasteiger partial charge in [-0.25, -0.2) is 4.79 Å². The van der Waals surface area contributed by atoms with Gasteiger partial charge in [0.2, 0.25) is 11.7 Å². The van der Waals surface area contributed by atoms with Gasteiger partial charge in [0.25, 0.3) is 5.69 Å². The van der Waals surface area contributed by atoms with Crippen molar-refractivity contribution in [3.63, 3.8) is 0 Å². The molecule has 0 saturated heterocycles. The fourth-order valence-electron chi connectivity index (χ4n) is 3.74. The number of carbonyl (C=O) groups is 3. The van der Waals surface area contributed by atoms with E-state index in [-0.39, 0.29) is 46.2 Å². The molecule has 2 aromatic rings. The van der Waals surface area contributed by atoms with Gasteiger partial charge < -0.3 is 15.2 Å². The van der Waals surface area contributed by atoms with Crippen molar-refractivity contribution in [1.29, 1.82) is 0 Å². The van der Waals surface area contributed by atoms with Gasteiger partial charge in [-0.05, 0) is 12.5 Å². The highest BCUT2D eigenvalue weighted by Crippen LogP contribution is 2.44. The number of nitrogens with zero attached hydrogens (tertiary/aromatic N) is 1. The second kappa shape index (κ2) is 7.52. The van der Waals surface area contributed by atoms with E-state index in [1.165, 1.54) is 36.4 Å². The number of nitrogens with two attached hydrogens (primary N) is 1. The summed E-state index contributed by atoms with van der Waals surface area (Å²) in [5.41, 5.74) is 6.32. The van der Waals surface area contributed by atoms with Crippen molar-refractivity contribution in [2.45, 2.75) is 12.8 Å². The maximum Gasteiger partial charge on any atom is 0.340 e. The van der Waals surface area contributed by atoms with Gasteiger partial charge in [-0.2, -0.15) is 0 Å². The standard InChI is InChI=1S/C22H16N2O7/c1-2-30-22(27)17-15(11-7-9-12(10-8-11)24(28)29)16-18(25)13-5-3-4-6-14(13)19(26)20(16)31-21(17)23/h3-10,15H,2,23H2,1H3. The number of carbonyl (C=O) groups excluding carboxylic acids is 3. The van der Waals surface area contributed by atoms with E-state index in [0.717, 1.165) is 0 Å². The monoisotopic (exact) mass is 420 g/mol. The minimum Gasteiger partial charge on any atom is -0.462 e. The third kappa shape index (κ3) is 3.16. The lowest BCUT2D eigenvalue weighted by molar-refractivity contribution is -0.384. The fraction of sp³-hybridized carbons (Fsp3) is 0.136. The van der Waals surface area contributed by atoms with Crippen molar-refractivity contribution in [3.05, 3.63) is 98.1 Å². The molecule has 0 saturated carbocycles. The Bertz CT molecular complexity index is 1210. The van der Waals surface area contributed by atoms with Gasteiger partial charge in [-0.15, -0.1) is 0 Å². The first-order valence-corrected chi connectivity index (χ1v) is 9.36. The van der Waals surface area contributed by atoms with E-state index in [0.29, 0.717) is 5.56 Å². The van der Waals surface area contributed by atoms with Crippen molar-refractivity contribution < 1.29 is 28.8 Å². The summed E-state index contributed by atoms with van der Waals surface area (Å²) in [4.78, 5) is 49.6. The number of rotatable bonds is 4. The predicted octanol–water partition coefficient (Wildman–Crippen LogP) is 2.78. The van der Waals surface area contributed by atoms with Gasteiger partial charge in [0.15, 0.2) is 11.5 Å². The molecule has 4 rings (SSSR count). The highest BCUT2D eigenvalue weighted by molar-refractivity contribution is 6.27. The molecule has 1 unspecified atom stereocenters. The molecule has 1 atom stereocenters. The number of non-ortho nitro benzene ring substituents is 1. The van der Waals surface area contributed by atoms with Gasteiger partial charge in [0.1, 0.15) is 5.57 Å². The van der Waals surface area contributed by atoms with Crippen LogP contribution in [-0.2, 0) is 14.3 Å². The highest BCUT2D eigenvalue weighted by Gasteiger charge is 2.45. The number of hydrogen-bond donors (Lipinski definition) is 1. The van der Waals surface area contributed by atoms with Crippen molar-refractivity contribution in [1.82, 2.24) is 0 Å². The molecular formula is C22H16N2O7. The Hall–Kier alpha value is -4.27. The van der Waals surface area contributed by atoms with E-state index < -0.39 is 28.4 Å².